The summed E-state index contributed by atoms with van der Waals surface area (Å²) in [7, 11) is 0. The molecule has 2 heterocycles. The van der Waals surface area contributed by atoms with E-state index in [1.807, 2.05) is 4.90 Å². The summed E-state index contributed by atoms with van der Waals surface area (Å²) in [4.78, 5) is 20.2. The number of nitrogen functional groups attached to an aromatic ring is 1. The molecular weight excluding hydrogens is 274 g/mol. The first-order chi connectivity index (χ1) is 9.99. The Bertz CT molecular complexity index is 567. The molecule has 1 saturated heterocycles. The Labute approximate surface area is 122 Å². The second-order valence-corrected chi connectivity index (χ2v) is 5.94. The van der Waals surface area contributed by atoms with Crippen LogP contribution < -0.4 is 10.6 Å². The van der Waals surface area contributed by atoms with Crippen LogP contribution in [0.25, 0.3) is 0 Å². The molecule has 0 spiro atoms. The second-order valence-electron chi connectivity index (χ2n) is 5.94. The molecule has 2 atom stereocenters. The quantitative estimate of drug-likeness (QED) is 0.619. The lowest BCUT2D eigenvalue weighted by Crippen LogP contribution is -2.53. The van der Waals surface area contributed by atoms with Gasteiger partial charge in [0.05, 0.1) is 10.5 Å². The molecule has 0 aromatic carbocycles. The van der Waals surface area contributed by atoms with Crippen molar-refractivity contribution >= 4 is 17.5 Å². The minimum absolute atomic E-state index is 0.0279. The van der Waals surface area contributed by atoms with Crippen LogP contribution in [0.15, 0.2) is 6.20 Å². The lowest BCUT2D eigenvalue weighted by atomic mass is 9.71. The number of nitrogens with two attached hydrogens (primary N) is 1. The predicted molar refractivity (Wildman–Crippen MR) is 76.8 cm³/mol. The minimum Gasteiger partial charge on any atom is -0.389 e. The number of rotatable bonds is 2. The van der Waals surface area contributed by atoms with Crippen LogP contribution in [0, 0.1) is 16.0 Å². The van der Waals surface area contributed by atoms with Gasteiger partial charge in [0.1, 0.15) is 6.20 Å². The standard InChI is InChI=1S/C13H19N5O3/c14-12-15-7-10(18(20)21)11(16-12)17-6-5-13(19)4-2-1-3-9(13)8-17/h7,9,19H,1-6,8H2,(H2,14,15,16). The van der Waals surface area contributed by atoms with Gasteiger partial charge >= 0.3 is 5.69 Å². The molecule has 0 amide bonds. The molecule has 1 aliphatic carbocycles. The van der Waals surface area contributed by atoms with E-state index in [4.69, 9.17) is 5.73 Å². The van der Waals surface area contributed by atoms with Gasteiger partial charge in [-0.05, 0) is 19.3 Å². The summed E-state index contributed by atoms with van der Waals surface area (Å²) in [6.45, 7) is 1.12. The highest BCUT2D eigenvalue weighted by Gasteiger charge is 2.44. The summed E-state index contributed by atoms with van der Waals surface area (Å²) < 4.78 is 0. The van der Waals surface area contributed by atoms with Gasteiger partial charge in [-0.2, -0.15) is 4.98 Å². The fourth-order valence-corrected chi connectivity index (χ4v) is 3.50. The Kier molecular flexibility index (Phi) is 3.40. The molecule has 3 N–H and O–H groups in total. The van der Waals surface area contributed by atoms with Gasteiger partial charge in [0.25, 0.3) is 0 Å². The van der Waals surface area contributed by atoms with Gasteiger partial charge in [-0.3, -0.25) is 10.1 Å². The summed E-state index contributed by atoms with van der Waals surface area (Å²) in [5.74, 6) is 0.427. The Hall–Kier alpha value is -1.96. The van der Waals surface area contributed by atoms with Crippen molar-refractivity contribution in [3.63, 3.8) is 0 Å². The number of aromatic nitrogens is 2. The van der Waals surface area contributed by atoms with E-state index in [0.29, 0.717) is 19.5 Å². The first-order valence-electron chi connectivity index (χ1n) is 7.24. The van der Waals surface area contributed by atoms with E-state index in [0.717, 1.165) is 31.9 Å². The van der Waals surface area contributed by atoms with Crippen molar-refractivity contribution in [1.29, 1.82) is 0 Å². The van der Waals surface area contributed by atoms with Crippen LogP contribution in [-0.4, -0.2) is 38.7 Å². The maximum atomic E-state index is 11.1. The molecule has 1 aromatic heterocycles. The fourth-order valence-electron chi connectivity index (χ4n) is 3.50. The van der Waals surface area contributed by atoms with Crippen LogP contribution in [0.3, 0.4) is 0 Å². The van der Waals surface area contributed by atoms with E-state index in [9.17, 15) is 15.2 Å². The van der Waals surface area contributed by atoms with E-state index in [-0.39, 0.29) is 23.4 Å². The van der Waals surface area contributed by atoms with Gasteiger partial charge in [-0.1, -0.05) is 12.8 Å². The topological polar surface area (TPSA) is 118 Å². The highest BCUT2D eigenvalue weighted by Crippen LogP contribution is 2.41. The number of hydrogen-bond acceptors (Lipinski definition) is 7. The number of nitro groups is 1. The molecular formula is C13H19N5O3. The summed E-state index contributed by atoms with van der Waals surface area (Å²) in [6, 6.07) is 0. The lowest BCUT2D eigenvalue weighted by molar-refractivity contribution is -0.384. The molecule has 114 valence electrons. The van der Waals surface area contributed by atoms with Gasteiger partial charge < -0.3 is 15.7 Å². The number of anilines is 2. The summed E-state index contributed by atoms with van der Waals surface area (Å²) in [6.07, 6.45) is 5.67. The highest BCUT2D eigenvalue weighted by molar-refractivity contribution is 5.58. The maximum Gasteiger partial charge on any atom is 0.329 e. The SMILES string of the molecule is Nc1ncc([N+](=O)[O-])c(N2CCC3(O)CCCCC3C2)n1. The van der Waals surface area contributed by atoms with Gasteiger partial charge in [0.15, 0.2) is 0 Å². The minimum atomic E-state index is -0.623. The number of aliphatic hydroxyl groups is 1. The molecule has 21 heavy (non-hydrogen) atoms. The molecule has 1 aromatic rings. The van der Waals surface area contributed by atoms with Crippen LogP contribution in [0.5, 0.6) is 0 Å². The third-order valence-electron chi connectivity index (χ3n) is 4.69. The summed E-state index contributed by atoms with van der Waals surface area (Å²) in [5.41, 5.74) is 4.81. The Balaban J connectivity index is 1.88. The van der Waals surface area contributed by atoms with Crippen molar-refractivity contribution in [3.05, 3.63) is 16.3 Å². The van der Waals surface area contributed by atoms with Gasteiger partial charge in [0.2, 0.25) is 11.8 Å². The zero-order valence-electron chi connectivity index (χ0n) is 11.7. The van der Waals surface area contributed by atoms with Crippen molar-refractivity contribution in [2.24, 2.45) is 5.92 Å². The van der Waals surface area contributed by atoms with Gasteiger partial charge in [0, 0.05) is 19.0 Å². The van der Waals surface area contributed by atoms with Crippen molar-refractivity contribution in [2.75, 3.05) is 23.7 Å². The van der Waals surface area contributed by atoms with Gasteiger partial charge in [-0.15, -0.1) is 0 Å². The highest BCUT2D eigenvalue weighted by atomic mass is 16.6. The first kappa shape index (κ1) is 14.0. The number of fused-ring (bicyclic) bond motifs is 1. The monoisotopic (exact) mass is 293 g/mol. The van der Waals surface area contributed by atoms with E-state index in [2.05, 4.69) is 9.97 Å². The summed E-state index contributed by atoms with van der Waals surface area (Å²) in [5, 5.41) is 21.8. The Morgan fingerprint density at radius 3 is 3.05 bits per heavy atom. The number of nitrogens with zero attached hydrogens (tertiary/aromatic N) is 4. The third-order valence-corrected chi connectivity index (χ3v) is 4.69. The molecule has 3 rings (SSSR count). The molecule has 8 nitrogen and oxygen atoms in total. The van der Waals surface area contributed by atoms with Crippen molar-refractivity contribution < 1.29 is 10.0 Å². The predicted octanol–water partition coefficient (Wildman–Crippen LogP) is 1.10. The number of piperidine rings is 1. The summed E-state index contributed by atoms with van der Waals surface area (Å²) >= 11 is 0. The smallest absolute Gasteiger partial charge is 0.329 e. The normalized spacial score (nSPS) is 29.0. The van der Waals surface area contributed by atoms with Crippen molar-refractivity contribution in [3.8, 4) is 0 Å². The van der Waals surface area contributed by atoms with E-state index >= 15 is 0 Å². The zero-order chi connectivity index (χ0) is 15.0. The fraction of sp³-hybridized carbons (Fsp3) is 0.692. The van der Waals surface area contributed by atoms with Crippen LogP contribution in [0.1, 0.15) is 32.1 Å². The van der Waals surface area contributed by atoms with Crippen LogP contribution in [0.2, 0.25) is 0 Å². The van der Waals surface area contributed by atoms with E-state index in [1.165, 1.54) is 0 Å². The molecule has 2 unspecified atom stereocenters. The van der Waals surface area contributed by atoms with Gasteiger partial charge in [-0.25, -0.2) is 4.98 Å². The Morgan fingerprint density at radius 2 is 2.29 bits per heavy atom. The third kappa shape index (κ3) is 2.51. The molecule has 8 heteroatoms. The van der Waals surface area contributed by atoms with Crippen molar-refractivity contribution in [1.82, 2.24) is 9.97 Å². The van der Waals surface area contributed by atoms with E-state index in [1.54, 1.807) is 0 Å². The average Bonchev–Trinajstić information content (AvgIpc) is 2.45. The molecule has 1 aliphatic heterocycles. The molecule has 2 aliphatic rings. The zero-order valence-corrected chi connectivity index (χ0v) is 11.7. The van der Waals surface area contributed by atoms with E-state index < -0.39 is 10.5 Å². The number of hydrogen-bond donors (Lipinski definition) is 2. The molecule has 1 saturated carbocycles. The Morgan fingerprint density at radius 1 is 1.48 bits per heavy atom. The van der Waals surface area contributed by atoms with Crippen molar-refractivity contribution in [2.45, 2.75) is 37.7 Å². The van der Waals surface area contributed by atoms with Crippen LogP contribution >= 0.6 is 0 Å². The molecule has 0 radical (unpaired) electrons. The molecule has 0 bridgehead atoms. The first-order valence-corrected chi connectivity index (χ1v) is 7.24. The van der Waals surface area contributed by atoms with Crippen LogP contribution in [-0.2, 0) is 0 Å². The maximum absolute atomic E-state index is 11.1. The average molecular weight is 293 g/mol. The second kappa shape index (κ2) is 5.10. The molecule has 2 fully saturated rings. The largest absolute Gasteiger partial charge is 0.389 e. The lowest BCUT2D eigenvalue weighted by Gasteiger charge is -2.47. The van der Waals surface area contributed by atoms with Crippen LogP contribution in [0.4, 0.5) is 17.5 Å².